The van der Waals surface area contributed by atoms with Gasteiger partial charge in [-0.05, 0) is 42.4 Å². The summed E-state index contributed by atoms with van der Waals surface area (Å²) in [5.74, 6) is 0.380. The van der Waals surface area contributed by atoms with Crippen molar-refractivity contribution in [3.63, 3.8) is 0 Å². The van der Waals surface area contributed by atoms with Gasteiger partial charge in [0.15, 0.2) is 0 Å². The van der Waals surface area contributed by atoms with Crippen LogP contribution < -0.4 is 5.32 Å². The van der Waals surface area contributed by atoms with E-state index in [0.717, 1.165) is 37.9 Å². The second-order valence-electron chi connectivity index (χ2n) is 6.38. The fraction of sp³-hybridized carbons (Fsp3) is 0.632. The summed E-state index contributed by atoms with van der Waals surface area (Å²) in [6.45, 7) is 5.69. The van der Waals surface area contributed by atoms with Crippen molar-refractivity contribution in [3.8, 4) is 0 Å². The van der Waals surface area contributed by atoms with Crippen LogP contribution in [-0.2, 0) is 9.53 Å². The fourth-order valence-electron chi connectivity index (χ4n) is 3.43. The molecule has 2 unspecified atom stereocenters. The van der Waals surface area contributed by atoms with Gasteiger partial charge in [0.2, 0.25) is 5.91 Å². The normalized spacial score (nSPS) is 19.0. The van der Waals surface area contributed by atoms with E-state index in [0.29, 0.717) is 18.9 Å². The first-order chi connectivity index (χ1) is 11.1. The van der Waals surface area contributed by atoms with Crippen molar-refractivity contribution in [1.82, 2.24) is 5.32 Å². The lowest BCUT2D eigenvalue weighted by molar-refractivity contribution is -0.122. The minimum Gasteiger partial charge on any atom is -0.376 e. The highest BCUT2D eigenvalue weighted by atomic mass is 19.1. The SMILES string of the molecule is CCC(CC)C(CC(=O)NCC1CCCO1)c1ccc(F)cc1. The van der Waals surface area contributed by atoms with Gasteiger partial charge in [-0.2, -0.15) is 0 Å². The Balaban J connectivity index is 1.98. The molecule has 1 heterocycles. The van der Waals surface area contributed by atoms with Crippen molar-refractivity contribution in [2.24, 2.45) is 5.92 Å². The van der Waals surface area contributed by atoms with Crippen molar-refractivity contribution in [2.45, 2.75) is 58.0 Å². The number of hydrogen-bond donors (Lipinski definition) is 1. The van der Waals surface area contributed by atoms with E-state index in [2.05, 4.69) is 19.2 Å². The molecule has 0 bridgehead atoms. The highest BCUT2D eigenvalue weighted by Crippen LogP contribution is 2.32. The maximum atomic E-state index is 13.2. The predicted octanol–water partition coefficient (Wildman–Crippen LogP) is 4.03. The van der Waals surface area contributed by atoms with Crippen molar-refractivity contribution in [2.75, 3.05) is 13.2 Å². The zero-order chi connectivity index (χ0) is 16.7. The molecule has 4 heteroatoms. The number of hydrogen-bond acceptors (Lipinski definition) is 2. The maximum absolute atomic E-state index is 13.2. The van der Waals surface area contributed by atoms with E-state index in [1.54, 1.807) is 0 Å². The average molecular weight is 321 g/mol. The van der Waals surface area contributed by atoms with E-state index in [-0.39, 0.29) is 23.7 Å². The van der Waals surface area contributed by atoms with Crippen LogP contribution in [0.3, 0.4) is 0 Å². The first-order valence-electron chi connectivity index (χ1n) is 8.77. The minimum absolute atomic E-state index is 0.0572. The topological polar surface area (TPSA) is 38.3 Å². The number of ether oxygens (including phenoxy) is 1. The van der Waals surface area contributed by atoms with Crippen molar-refractivity contribution in [3.05, 3.63) is 35.6 Å². The summed E-state index contributed by atoms with van der Waals surface area (Å²) >= 11 is 0. The van der Waals surface area contributed by atoms with Gasteiger partial charge < -0.3 is 10.1 Å². The van der Waals surface area contributed by atoms with E-state index in [4.69, 9.17) is 4.74 Å². The first kappa shape index (κ1) is 17.9. The Kier molecular flexibility index (Phi) is 7.03. The van der Waals surface area contributed by atoms with Crippen LogP contribution in [0.5, 0.6) is 0 Å². The second kappa shape index (κ2) is 9.02. The van der Waals surface area contributed by atoms with Gasteiger partial charge in [0.1, 0.15) is 5.82 Å². The Morgan fingerprint density at radius 1 is 1.30 bits per heavy atom. The molecule has 0 aliphatic carbocycles. The highest BCUT2D eigenvalue weighted by Gasteiger charge is 2.24. The van der Waals surface area contributed by atoms with Crippen molar-refractivity contribution < 1.29 is 13.9 Å². The Labute approximate surface area is 138 Å². The molecule has 0 radical (unpaired) electrons. The molecular weight excluding hydrogens is 293 g/mol. The molecule has 3 nitrogen and oxygen atoms in total. The maximum Gasteiger partial charge on any atom is 0.220 e. The Morgan fingerprint density at radius 2 is 2.00 bits per heavy atom. The number of halogens is 1. The van der Waals surface area contributed by atoms with E-state index in [1.165, 1.54) is 12.1 Å². The van der Waals surface area contributed by atoms with E-state index >= 15 is 0 Å². The summed E-state index contributed by atoms with van der Waals surface area (Å²) in [4.78, 5) is 12.3. The molecule has 23 heavy (non-hydrogen) atoms. The molecule has 1 aromatic carbocycles. The summed E-state index contributed by atoms with van der Waals surface area (Å²) in [5, 5.41) is 3.00. The summed E-state index contributed by atoms with van der Waals surface area (Å²) < 4.78 is 18.7. The number of rotatable bonds is 8. The van der Waals surface area contributed by atoms with Crippen LogP contribution in [0.25, 0.3) is 0 Å². The molecule has 128 valence electrons. The minimum atomic E-state index is -0.236. The molecule has 1 N–H and O–H groups in total. The molecule has 0 saturated carbocycles. The Hall–Kier alpha value is -1.42. The fourth-order valence-corrected chi connectivity index (χ4v) is 3.43. The third-order valence-electron chi connectivity index (χ3n) is 4.87. The van der Waals surface area contributed by atoms with Gasteiger partial charge >= 0.3 is 0 Å². The largest absolute Gasteiger partial charge is 0.376 e. The molecule has 0 aromatic heterocycles. The van der Waals surface area contributed by atoms with Crippen LogP contribution in [0.4, 0.5) is 4.39 Å². The predicted molar refractivity (Wildman–Crippen MR) is 89.8 cm³/mol. The third-order valence-corrected chi connectivity index (χ3v) is 4.87. The number of carbonyl (C=O) groups is 1. The van der Waals surface area contributed by atoms with E-state index < -0.39 is 0 Å². The summed E-state index contributed by atoms with van der Waals surface area (Å²) in [7, 11) is 0. The van der Waals surface area contributed by atoms with Crippen LogP contribution in [0.2, 0.25) is 0 Å². The molecule has 1 aromatic rings. The standard InChI is InChI=1S/C19H28FNO2/c1-3-14(4-2)18(15-7-9-16(20)10-8-15)12-19(22)21-13-17-6-5-11-23-17/h7-10,14,17-18H,3-6,11-13H2,1-2H3,(H,21,22). The van der Waals surface area contributed by atoms with Crippen LogP contribution in [0.15, 0.2) is 24.3 Å². The van der Waals surface area contributed by atoms with Crippen LogP contribution >= 0.6 is 0 Å². The molecule has 1 aliphatic rings. The summed E-state index contributed by atoms with van der Waals surface area (Å²) in [6, 6.07) is 6.58. The van der Waals surface area contributed by atoms with Gasteiger partial charge in [-0.25, -0.2) is 4.39 Å². The molecule has 0 spiro atoms. The van der Waals surface area contributed by atoms with Crippen LogP contribution in [0.1, 0.15) is 57.4 Å². The Bertz CT molecular complexity index is 479. The van der Waals surface area contributed by atoms with Gasteiger partial charge in [-0.3, -0.25) is 4.79 Å². The Morgan fingerprint density at radius 3 is 2.57 bits per heavy atom. The van der Waals surface area contributed by atoms with Gasteiger partial charge in [0.25, 0.3) is 0 Å². The van der Waals surface area contributed by atoms with Crippen molar-refractivity contribution >= 4 is 5.91 Å². The third kappa shape index (κ3) is 5.31. The lowest BCUT2D eigenvalue weighted by Crippen LogP contribution is -2.33. The van der Waals surface area contributed by atoms with E-state index in [1.807, 2.05) is 12.1 Å². The van der Waals surface area contributed by atoms with E-state index in [9.17, 15) is 9.18 Å². The smallest absolute Gasteiger partial charge is 0.220 e. The lowest BCUT2D eigenvalue weighted by atomic mass is 9.80. The summed E-state index contributed by atoms with van der Waals surface area (Å²) in [5.41, 5.74) is 1.05. The zero-order valence-electron chi connectivity index (χ0n) is 14.2. The first-order valence-corrected chi connectivity index (χ1v) is 8.77. The molecule has 1 amide bonds. The lowest BCUT2D eigenvalue weighted by Gasteiger charge is -2.25. The molecule has 2 rings (SSSR count). The number of carbonyl (C=O) groups excluding carboxylic acids is 1. The highest BCUT2D eigenvalue weighted by molar-refractivity contribution is 5.77. The van der Waals surface area contributed by atoms with Gasteiger partial charge in [0, 0.05) is 19.6 Å². The zero-order valence-corrected chi connectivity index (χ0v) is 14.2. The van der Waals surface area contributed by atoms with Gasteiger partial charge in [-0.15, -0.1) is 0 Å². The van der Waals surface area contributed by atoms with Gasteiger partial charge in [0.05, 0.1) is 6.10 Å². The molecule has 1 fully saturated rings. The van der Waals surface area contributed by atoms with Gasteiger partial charge in [-0.1, -0.05) is 38.8 Å². The average Bonchev–Trinajstić information content (AvgIpc) is 3.07. The summed E-state index contributed by atoms with van der Waals surface area (Å²) in [6.07, 6.45) is 4.73. The molecular formula is C19H28FNO2. The van der Waals surface area contributed by atoms with Crippen molar-refractivity contribution in [1.29, 1.82) is 0 Å². The monoisotopic (exact) mass is 321 g/mol. The van der Waals surface area contributed by atoms with Crippen LogP contribution in [0, 0.1) is 11.7 Å². The quantitative estimate of drug-likeness (QED) is 0.785. The number of nitrogens with one attached hydrogen (secondary N) is 1. The van der Waals surface area contributed by atoms with Crippen LogP contribution in [-0.4, -0.2) is 25.2 Å². The number of benzene rings is 1. The molecule has 1 aliphatic heterocycles. The molecule has 1 saturated heterocycles. The number of amides is 1. The molecule has 2 atom stereocenters. The second-order valence-corrected chi connectivity index (χ2v) is 6.38.